The molecule has 9 nitrogen and oxygen atoms in total. The van der Waals surface area contributed by atoms with Gasteiger partial charge in [0.25, 0.3) is 5.56 Å². The number of aromatic nitrogens is 4. The molecule has 1 aliphatic heterocycles. The summed E-state index contributed by atoms with van der Waals surface area (Å²) in [4.78, 5) is 33.5. The molecule has 1 fully saturated rings. The fourth-order valence-corrected chi connectivity index (χ4v) is 3.72. The number of benzene rings is 1. The summed E-state index contributed by atoms with van der Waals surface area (Å²) in [5, 5.41) is 10.6. The fraction of sp³-hybridized carbons (Fsp3) is 0.450. The van der Waals surface area contributed by atoms with E-state index in [1.54, 1.807) is 11.6 Å². The van der Waals surface area contributed by atoms with Crippen LogP contribution < -0.4 is 20.9 Å². The average molecular weight is 399 g/mol. The Hall–Kier alpha value is -3.07. The zero-order chi connectivity index (χ0) is 20.5. The van der Waals surface area contributed by atoms with Gasteiger partial charge in [0.15, 0.2) is 11.2 Å². The first kappa shape index (κ1) is 19.3. The second-order valence-electron chi connectivity index (χ2n) is 7.44. The Bertz CT molecular complexity index is 1140. The second kappa shape index (κ2) is 7.75. The molecule has 1 atom stereocenters. The van der Waals surface area contributed by atoms with Gasteiger partial charge >= 0.3 is 5.69 Å². The Morgan fingerprint density at radius 2 is 1.97 bits per heavy atom. The Balaban J connectivity index is 1.67. The number of anilines is 1. The third-order valence-corrected chi connectivity index (χ3v) is 5.29. The summed E-state index contributed by atoms with van der Waals surface area (Å²) in [6.07, 6.45) is 1.22. The van der Waals surface area contributed by atoms with Crippen LogP contribution in [0.4, 0.5) is 5.95 Å². The largest absolute Gasteiger partial charge is 0.491 e. The predicted molar refractivity (Wildman–Crippen MR) is 110 cm³/mol. The number of aliphatic hydroxyl groups excluding tert-OH is 1. The molecular weight excluding hydrogens is 374 g/mol. The van der Waals surface area contributed by atoms with Crippen molar-refractivity contribution in [1.82, 2.24) is 19.1 Å². The molecule has 9 heteroatoms. The van der Waals surface area contributed by atoms with E-state index in [0.29, 0.717) is 17.3 Å². The first-order chi connectivity index (χ1) is 14.0. The summed E-state index contributed by atoms with van der Waals surface area (Å²) in [5.74, 6) is 1.31. The van der Waals surface area contributed by atoms with E-state index in [1.807, 2.05) is 31.2 Å². The van der Waals surface area contributed by atoms with Gasteiger partial charge in [-0.15, -0.1) is 0 Å². The van der Waals surface area contributed by atoms with Crippen molar-refractivity contribution in [3.63, 3.8) is 0 Å². The van der Waals surface area contributed by atoms with Crippen LogP contribution in [0.25, 0.3) is 11.2 Å². The lowest BCUT2D eigenvalue weighted by Gasteiger charge is -2.20. The number of hydrogen-bond donors (Lipinski definition) is 2. The topological polar surface area (TPSA) is 105 Å². The van der Waals surface area contributed by atoms with Gasteiger partial charge in [-0.05, 0) is 31.4 Å². The van der Waals surface area contributed by atoms with Crippen molar-refractivity contribution >= 4 is 17.1 Å². The number of imidazole rings is 1. The predicted octanol–water partition coefficient (Wildman–Crippen LogP) is 0.772. The van der Waals surface area contributed by atoms with E-state index in [2.05, 4.69) is 14.9 Å². The number of para-hydroxylation sites is 1. The minimum Gasteiger partial charge on any atom is -0.491 e. The SMILES string of the molecule is Cc1ccccc1OC[C@H](O)Cn1c(N2CCCC2)nc2c1c(=O)[nH]c(=O)n2C. The normalized spacial score (nSPS) is 15.2. The molecule has 2 aromatic heterocycles. The number of hydrogen-bond acceptors (Lipinski definition) is 6. The van der Waals surface area contributed by atoms with E-state index in [-0.39, 0.29) is 18.7 Å². The van der Waals surface area contributed by atoms with Crippen molar-refractivity contribution in [1.29, 1.82) is 0 Å². The molecule has 0 radical (unpaired) electrons. The zero-order valence-corrected chi connectivity index (χ0v) is 16.6. The van der Waals surface area contributed by atoms with Gasteiger partial charge in [0, 0.05) is 20.1 Å². The van der Waals surface area contributed by atoms with Crippen LogP contribution in [0.2, 0.25) is 0 Å². The lowest BCUT2D eigenvalue weighted by Crippen LogP contribution is -2.31. The minimum atomic E-state index is -0.856. The molecule has 1 aliphatic rings. The highest BCUT2D eigenvalue weighted by atomic mass is 16.5. The van der Waals surface area contributed by atoms with Crippen molar-refractivity contribution < 1.29 is 9.84 Å². The number of fused-ring (bicyclic) bond motifs is 1. The van der Waals surface area contributed by atoms with Gasteiger partial charge in [0.05, 0.1) is 6.54 Å². The Morgan fingerprint density at radius 3 is 2.69 bits per heavy atom. The molecule has 0 aliphatic carbocycles. The lowest BCUT2D eigenvalue weighted by molar-refractivity contribution is 0.0933. The van der Waals surface area contributed by atoms with Gasteiger partial charge in [0.1, 0.15) is 18.5 Å². The van der Waals surface area contributed by atoms with E-state index in [4.69, 9.17) is 4.74 Å². The molecule has 0 amide bonds. The maximum atomic E-state index is 12.5. The van der Waals surface area contributed by atoms with E-state index in [9.17, 15) is 14.7 Å². The summed E-state index contributed by atoms with van der Waals surface area (Å²) >= 11 is 0. The number of aliphatic hydroxyl groups is 1. The second-order valence-corrected chi connectivity index (χ2v) is 7.44. The van der Waals surface area contributed by atoms with E-state index >= 15 is 0 Å². The molecule has 0 spiro atoms. The summed E-state index contributed by atoms with van der Waals surface area (Å²) in [7, 11) is 1.57. The number of nitrogens with zero attached hydrogens (tertiary/aromatic N) is 4. The fourth-order valence-electron chi connectivity index (χ4n) is 3.72. The Labute approximate surface area is 167 Å². The van der Waals surface area contributed by atoms with Gasteiger partial charge < -0.3 is 19.3 Å². The molecule has 0 saturated carbocycles. The van der Waals surface area contributed by atoms with Crippen LogP contribution in [0.15, 0.2) is 33.9 Å². The monoisotopic (exact) mass is 399 g/mol. The third kappa shape index (κ3) is 3.65. The molecule has 3 heterocycles. The highest BCUT2D eigenvalue weighted by molar-refractivity contribution is 5.74. The molecule has 1 aromatic carbocycles. The molecule has 1 saturated heterocycles. The zero-order valence-electron chi connectivity index (χ0n) is 16.6. The molecule has 29 heavy (non-hydrogen) atoms. The lowest BCUT2D eigenvalue weighted by atomic mass is 10.2. The molecule has 0 bridgehead atoms. The summed E-state index contributed by atoms with van der Waals surface area (Å²) in [6, 6.07) is 7.60. The standard InChI is InChI=1S/C20H25N5O4/c1-13-7-3-4-8-15(13)29-12-14(26)11-25-16-17(23(2)20(28)22-18(16)27)21-19(25)24-9-5-6-10-24/h3-4,7-8,14,26H,5-6,9-12H2,1-2H3,(H,22,27,28)/t14-/m1/s1. The highest BCUT2D eigenvalue weighted by Gasteiger charge is 2.25. The maximum Gasteiger partial charge on any atom is 0.329 e. The number of H-pyrrole nitrogens is 1. The van der Waals surface area contributed by atoms with Crippen molar-refractivity contribution in [2.24, 2.45) is 7.05 Å². The number of nitrogens with one attached hydrogen (secondary N) is 1. The summed E-state index contributed by atoms with van der Waals surface area (Å²) in [6.45, 7) is 3.80. The van der Waals surface area contributed by atoms with Crippen LogP contribution in [0, 0.1) is 6.92 Å². The summed E-state index contributed by atoms with van der Waals surface area (Å²) < 4.78 is 8.78. The quantitative estimate of drug-likeness (QED) is 0.634. The van der Waals surface area contributed by atoms with Crippen molar-refractivity contribution in [2.45, 2.75) is 32.4 Å². The van der Waals surface area contributed by atoms with Gasteiger partial charge in [-0.2, -0.15) is 4.98 Å². The van der Waals surface area contributed by atoms with Crippen molar-refractivity contribution in [3.8, 4) is 5.75 Å². The molecular formula is C20H25N5O4. The van der Waals surface area contributed by atoms with Crippen molar-refractivity contribution in [2.75, 3.05) is 24.6 Å². The smallest absolute Gasteiger partial charge is 0.329 e. The molecule has 2 N–H and O–H groups in total. The van der Waals surface area contributed by atoms with Crippen LogP contribution in [0.5, 0.6) is 5.75 Å². The molecule has 4 rings (SSSR count). The highest BCUT2D eigenvalue weighted by Crippen LogP contribution is 2.24. The molecule has 154 valence electrons. The first-order valence-electron chi connectivity index (χ1n) is 9.76. The Morgan fingerprint density at radius 1 is 1.24 bits per heavy atom. The Kier molecular flexibility index (Phi) is 5.14. The van der Waals surface area contributed by atoms with Crippen LogP contribution >= 0.6 is 0 Å². The van der Waals surface area contributed by atoms with Crippen LogP contribution in [0.3, 0.4) is 0 Å². The number of ether oxygens (including phenoxy) is 1. The van der Waals surface area contributed by atoms with Gasteiger partial charge in [-0.25, -0.2) is 4.79 Å². The van der Waals surface area contributed by atoms with Gasteiger partial charge in [-0.1, -0.05) is 18.2 Å². The van der Waals surface area contributed by atoms with Gasteiger partial charge in [0.2, 0.25) is 5.95 Å². The minimum absolute atomic E-state index is 0.0770. The maximum absolute atomic E-state index is 12.5. The number of rotatable bonds is 6. The first-order valence-corrected chi connectivity index (χ1v) is 9.76. The molecule has 3 aromatic rings. The van der Waals surface area contributed by atoms with E-state index in [0.717, 1.165) is 31.5 Å². The summed E-state index contributed by atoms with van der Waals surface area (Å²) in [5.41, 5.74) is 0.560. The van der Waals surface area contributed by atoms with Crippen LogP contribution in [0.1, 0.15) is 18.4 Å². The van der Waals surface area contributed by atoms with Gasteiger partial charge in [-0.3, -0.25) is 14.3 Å². The third-order valence-electron chi connectivity index (χ3n) is 5.29. The van der Waals surface area contributed by atoms with E-state index < -0.39 is 17.4 Å². The van der Waals surface area contributed by atoms with Crippen LogP contribution in [-0.4, -0.2) is 50.0 Å². The van der Waals surface area contributed by atoms with E-state index in [1.165, 1.54) is 4.57 Å². The molecule has 0 unspecified atom stereocenters. The van der Waals surface area contributed by atoms with Crippen LogP contribution in [-0.2, 0) is 13.6 Å². The van der Waals surface area contributed by atoms with Crippen molar-refractivity contribution in [3.05, 3.63) is 50.7 Å². The average Bonchev–Trinajstić information content (AvgIpc) is 3.34. The number of aryl methyl sites for hydroxylation is 2. The number of aromatic amines is 1.